The van der Waals surface area contributed by atoms with Gasteiger partial charge in [-0.15, -0.1) is 11.3 Å². The lowest BCUT2D eigenvalue weighted by Crippen LogP contribution is -2.14. The van der Waals surface area contributed by atoms with Gasteiger partial charge in [-0.3, -0.25) is 9.59 Å². The van der Waals surface area contributed by atoms with Crippen molar-refractivity contribution in [1.29, 1.82) is 0 Å². The molecule has 0 amide bonds. The molecular formula is C15H12N2O3S. The Hall–Kier alpha value is -2.47. The van der Waals surface area contributed by atoms with Crippen LogP contribution in [0.15, 0.2) is 46.6 Å². The fourth-order valence-corrected chi connectivity index (χ4v) is 2.68. The second-order valence-electron chi connectivity index (χ2n) is 4.47. The van der Waals surface area contributed by atoms with E-state index in [9.17, 15) is 9.59 Å². The van der Waals surface area contributed by atoms with Crippen LogP contribution in [0.3, 0.4) is 0 Å². The standard InChI is InChI=1S/C15H12N2O3S/c18-13(8-10-4-2-1-3-5-10)20-9-12-16-11-6-7-21-14(11)15(19)17-12/h1-7H,8-9H2,(H,16,17,19). The Morgan fingerprint density at radius 3 is 2.86 bits per heavy atom. The van der Waals surface area contributed by atoms with Crippen LogP contribution in [0.5, 0.6) is 0 Å². The van der Waals surface area contributed by atoms with E-state index in [-0.39, 0.29) is 24.6 Å². The van der Waals surface area contributed by atoms with Crippen LogP contribution in [0.4, 0.5) is 0 Å². The number of carbonyl (C=O) groups excluding carboxylic acids is 1. The molecule has 0 unspecified atom stereocenters. The molecule has 6 heteroatoms. The molecule has 0 radical (unpaired) electrons. The third kappa shape index (κ3) is 3.17. The van der Waals surface area contributed by atoms with Gasteiger partial charge in [-0.2, -0.15) is 0 Å². The van der Waals surface area contributed by atoms with Crippen LogP contribution in [0.25, 0.3) is 10.2 Å². The number of ether oxygens (including phenoxy) is 1. The zero-order valence-electron chi connectivity index (χ0n) is 11.0. The zero-order chi connectivity index (χ0) is 14.7. The molecule has 0 spiro atoms. The predicted octanol–water partition coefficient (Wildman–Crippen LogP) is 2.27. The van der Waals surface area contributed by atoms with E-state index < -0.39 is 0 Å². The first-order valence-corrected chi connectivity index (χ1v) is 7.26. The topological polar surface area (TPSA) is 72.0 Å². The van der Waals surface area contributed by atoms with Crippen molar-refractivity contribution in [3.8, 4) is 0 Å². The minimum atomic E-state index is -0.353. The number of aromatic nitrogens is 2. The van der Waals surface area contributed by atoms with Crippen molar-refractivity contribution in [2.45, 2.75) is 13.0 Å². The van der Waals surface area contributed by atoms with Gasteiger partial charge in [0.25, 0.3) is 5.56 Å². The number of benzene rings is 1. The number of thiophene rings is 1. The first-order valence-electron chi connectivity index (χ1n) is 6.38. The van der Waals surface area contributed by atoms with Gasteiger partial charge in [0, 0.05) is 0 Å². The number of hydrogen-bond acceptors (Lipinski definition) is 5. The summed E-state index contributed by atoms with van der Waals surface area (Å²) in [6.07, 6.45) is 0.200. The molecule has 0 aliphatic rings. The number of nitrogens with one attached hydrogen (secondary N) is 1. The highest BCUT2D eigenvalue weighted by Gasteiger charge is 2.08. The Kier molecular flexibility index (Phi) is 3.79. The van der Waals surface area contributed by atoms with Gasteiger partial charge in [0.2, 0.25) is 0 Å². The second kappa shape index (κ2) is 5.88. The Morgan fingerprint density at radius 1 is 1.24 bits per heavy atom. The lowest BCUT2D eigenvalue weighted by atomic mass is 10.2. The van der Waals surface area contributed by atoms with Crippen molar-refractivity contribution >= 4 is 27.5 Å². The predicted molar refractivity (Wildman–Crippen MR) is 80.2 cm³/mol. The monoisotopic (exact) mass is 300 g/mol. The number of rotatable bonds is 4. The van der Waals surface area contributed by atoms with Crippen LogP contribution in [-0.2, 0) is 22.6 Å². The summed E-state index contributed by atoms with van der Waals surface area (Å²) in [6, 6.07) is 11.1. The summed E-state index contributed by atoms with van der Waals surface area (Å²) in [4.78, 5) is 30.4. The molecule has 0 aliphatic heterocycles. The normalized spacial score (nSPS) is 10.7. The maximum absolute atomic E-state index is 11.8. The van der Waals surface area contributed by atoms with Crippen LogP contribution in [0.2, 0.25) is 0 Å². The zero-order valence-corrected chi connectivity index (χ0v) is 11.9. The number of H-pyrrole nitrogens is 1. The summed E-state index contributed by atoms with van der Waals surface area (Å²) in [5.74, 6) is 0.00146. The molecule has 5 nitrogen and oxygen atoms in total. The van der Waals surface area contributed by atoms with Crippen molar-refractivity contribution in [3.63, 3.8) is 0 Å². The van der Waals surface area contributed by atoms with Gasteiger partial charge >= 0.3 is 5.97 Å². The number of hydrogen-bond donors (Lipinski definition) is 1. The second-order valence-corrected chi connectivity index (χ2v) is 5.39. The third-order valence-corrected chi connectivity index (χ3v) is 3.83. The molecule has 21 heavy (non-hydrogen) atoms. The van der Waals surface area contributed by atoms with E-state index in [1.807, 2.05) is 30.3 Å². The fourth-order valence-electron chi connectivity index (χ4n) is 1.95. The molecule has 2 heterocycles. The van der Waals surface area contributed by atoms with Crippen LogP contribution in [0.1, 0.15) is 11.4 Å². The molecular weight excluding hydrogens is 288 g/mol. The average molecular weight is 300 g/mol. The maximum atomic E-state index is 11.8. The maximum Gasteiger partial charge on any atom is 0.310 e. The van der Waals surface area contributed by atoms with Gasteiger partial charge < -0.3 is 9.72 Å². The van der Waals surface area contributed by atoms with Crippen molar-refractivity contribution in [2.75, 3.05) is 0 Å². The summed E-state index contributed by atoms with van der Waals surface area (Å²) in [7, 11) is 0. The molecule has 0 fully saturated rings. The Balaban J connectivity index is 1.66. The first kappa shape index (κ1) is 13.5. The first-order chi connectivity index (χ1) is 10.2. The molecule has 3 aromatic rings. The van der Waals surface area contributed by atoms with Crippen molar-refractivity contribution in [3.05, 3.63) is 63.5 Å². The summed E-state index contributed by atoms with van der Waals surface area (Å²) < 4.78 is 5.72. The van der Waals surface area contributed by atoms with Gasteiger partial charge in [0.05, 0.1) is 11.9 Å². The van der Waals surface area contributed by atoms with E-state index in [1.54, 1.807) is 11.4 Å². The lowest BCUT2D eigenvalue weighted by molar-refractivity contribution is -0.144. The molecule has 2 aromatic heterocycles. The number of carbonyl (C=O) groups is 1. The highest BCUT2D eigenvalue weighted by atomic mass is 32.1. The van der Waals surface area contributed by atoms with Crippen molar-refractivity contribution < 1.29 is 9.53 Å². The van der Waals surface area contributed by atoms with Crippen molar-refractivity contribution in [1.82, 2.24) is 9.97 Å². The summed E-state index contributed by atoms with van der Waals surface area (Å²) in [6.45, 7) is -0.0350. The van der Waals surface area contributed by atoms with Crippen LogP contribution in [-0.4, -0.2) is 15.9 Å². The number of fused-ring (bicyclic) bond motifs is 1. The van der Waals surface area contributed by atoms with Gasteiger partial charge in [0.1, 0.15) is 17.1 Å². The number of nitrogens with zero attached hydrogens (tertiary/aromatic N) is 1. The highest BCUT2D eigenvalue weighted by Crippen LogP contribution is 2.13. The van der Waals surface area contributed by atoms with Crippen LogP contribution in [0, 0.1) is 0 Å². The number of esters is 1. The van der Waals surface area contributed by atoms with E-state index in [0.29, 0.717) is 16.0 Å². The van der Waals surface area contributed by atoms with E-state index in [4.69, 9.17) is 4.74 Å². The average Bonchev–Trinajstić information content (AvgIpc) is 2.95. The van der Waals surface area contributed by atoms with E-state index in [0.717, 1.165) is 5.56 Å². The minimum Gasteiger partial charge on any atom is -0.457 e. The van der Waals surface area contributed by atoms with Gasteiger partial charge in [0.15, 0.2) is 0 Å². The third-order valence-electron chi connectivity index (χ3n) is 2.93. The molecule has 0 aliphatic carbocycles. The minimum absolute atomic E-state index is 0.0350. The van der Waals surface area contributed by atoms with Crippen LogP contribution < -0.4 is 5.56 Å². The quantitative estimate of drug-likeness (QED) is 0.750. The van der Waals surface area contributed by atoms with Crippen molar-refractivity contribution in [2.24, 2.45) is 0 Å². The molecule has 1 aromatic carbocycles. The van der Waals surface area contributed by atoms with E-state index in [2.05, 4.69) is 9.97 Å². The smallest absolute Gasteiger partial charge is 0.310 e. The Morgan fingerprint density at radius 2 is 2.05 bits per heavy atom. The fraction of sp³-hybridized carbons (Fsp3) is 0.133. The molecule has 0 bridgehead atoms. The van der Waals surface area contributed by atoms with Gasteiger partial charge in [-0.05, 0) is 17.0 Å². The summed E-state index contributed by atoms with van der Waals surface area (Å²) in [5, 5.41) is 1.80. The number of aromatic amines is 1. The van der Waals surface area contributed by atoms with E-state index in [1.165, 1.54) is 11.3 Å². The molecule has 0 atom stereocenters. The molecule has 0 saturated carbocycles. The van der Waals surface area contributed by atoms with E-state index >= 15 is 0 Å². The summed E-state index contributed by atoms with van der Waals surface area (Å²) in [5.41, 5.74) is 1.30. The molecule has 1 N–H and O–H groups in total. The largest absolute Gasteiger partial charge is 0.457 e. The SMILES string of the molecule is O=C(Cc1ccccc1)OCc1nc2ccsc2c(=O)[nH]1. The molecule has 0 saturated heterocycles. The molecule has 3 rings (SSSR count). The highest BCUT2D eigenvalue weighted by molar-refractivity contribution is 7.17. The van der Waals surface area contributed by atoms with Gasteiger partial charge in [-0.1, -0.05) is 30.3 Å². The molecule has 106 valence electrons. The Labute approximate surface area is 124 Å². The lowest BCUT2D eigenvalue weighted by Gasteiger charge is -2.04. The Bertz CT molecular complexity index is 824. The summed E-state index contributed by atoms with van der Waals surface area (Å²) >= 11 is 1.33. The van der Waals surface area contributed by atoms with Gasteiger partial charge in [-0.25, -0.2) is 4.98 Å². The van der Waals surface area contributed by atoms with Crippen LogP contribution >= 0.6 is 11.3 Å².